The number of nitrogens with zero attached hydrogens (tertiary/aromatic N) is 1. The summed E-state index contributed by atoms with van der Waals surface area (Å²) in [6.45, 7) is 5.43. The zero-order valence-electron chi connectivity index (χ0n) is 20.5. The van der Waals surface area contributed by atoms with Crippen molar-refractivity contribution in [3.8, 4) is 11.1 Å². The lowest BCUT2D eigenvalue weighted by Crippen LogP contribution is -2.34. The van der Waals surface area contributed by atoms with Crippen LogP contribution in [0.25, 0.3) is 11.1 Å². The highest BCUT2D eigenvalue weighted by Gasteiger charge is 2.30. The van der Waals surface area contributed by atoms with Gasteiger partial charge in [0.05, 0.1) is 0 Å². The largest absolute Gasteiger partial charge is 0.357 e. The van der Waals surface area contributed by atoms with E-state index in [2.05, 4.69) is 61.2 Å². The summed E-state index contributed by atoms with van der Waals surface area (Å²) >= 11 is 0. The fraction of sp³-hybridized carbons (Fsp3) is 0.567. The number of fused-ring (bicyclic) bond motifs is 3. The van der Waals surface area contributed by atoms with Gasteiger partial charge in [0.1, 0.15) is 12.3 Å². The number of benzene rings is 2. The number of anilines is 1. The Kier molecular flexibility index (Phi) is 10.3. The molecule has 1 heterocycles. The zero-order valence-corrected chi connectivity index (χ0v) is 20.5. The minimum absolute atomic E-state index is 0.168. The molecule has 174 valence electrons. The molecule has 0 amide bonds. The molecular weight excluding hydrogens is 390 g/mol. The molecule has 0 spiro atoms. The number of aldehydes is 1. The van der Waals surface area contributed by atoms with Gasteiger partial charge < -0.3 is 9.69 Å². The molecule has 0 N–H and O–H groups in total. The summed E-state index contributed by atoms with van der Waals surface area (Å²) < 4.78 is 0. The fourth-order valence-electron chi connectivity index (χ4n) is 5.07. The van der Waals surface area contributed by atoms with Gasteiger partial charge in [-0.25, -0.2) is 0 Å². The highest BCUT2D eigenvalue weighted by Crippen LogP contribution is 2.44. The number of carbonyl (C=O) groups is 1. The summed E-state index contributed by atoms with van der Waals surface area (Å²) in [5.41, 5.74) is 6.35. The second kappa shape index (κ2) is 13.5. The van der Waals surface area contributed by atoms with Crippen molar-refractivity contribution < 1.29 is 4.79 Å². The Labute approximate surface area is 196 Å². The van der Waals surface area contributed by atoms with Crippen molar-refractivity contribution in [3.05, 3.63) is 53.6 Å². The maximum atomic E-state index is 12.0. The van der Waals surface area contributed by atoms with Crippen LogP contribution >= 0.6 is 0 Å². The lowest BCUT2D eigenvalue weighted by molar-refractivity contribution is -0.109. The van der Waals surface area contributed by atoms with E-state index < -0.39 is 0 Å². The molecule has 0 aromatic heterocycles. The van der Waals surface area contributed by atoms with Crippen LogP contribution < -0.4 is 4.90 Å². The topological polar surface area (TPSA) is 20.3 Å². The van der Waals surface area contributed by atoms with Gasteiger partial charge in [0.25, 0.3) is 0 Å². The highest BCUT2D eigenvalue weighted by molar-refractivity contribution is 5.90. The van der Waals surface area contributed by atoms with E-state index in [1.54, 1.807) is 0 Å². The van der Waals surface area contributed by atoms with Gasteiger partial charge >= 0.3 is 0 Å². The van der Waals surface area contributed by atoms with Crippen LogP contribution in [0, 0.1) is 0 Å². The third-order valence-corrected chi connectivity index (χ3v) is 6.98. The molecule has 0 radical (unpaired) electrons. The maximum Gasteiger partial charge on any atom is 0.147 e. The molecule has 0 saturated carbocycles. The summed E-state index contributed by atoms with van der Waals surface area (Å²) in [4.78, 5) is 14.4. The first-order valence-corrected chi connectivity index (χ1v) is 13.2. The van der Waals surface area contributed by atoms with Gasteiger partial charge in [-0.3, -0.25) is 0 Å². The predicted octanol–water partition coefficient (Wildman–Crippen LogP) is 8.68. The van der Waals surface area contributed by atoms with E-state index in [-0.39, 0.29) is 6.04 Å². The Hall–Kier alpha value is -2.09. The summed E-state index contributed by atoms with van der Waals surface area (Å²) in [6, 6.07) is 15.3. The fourth-order valence-corrected chi connectivity index (χ4v) is 5.07. The standard InChI is InChI=1S/C30H43NO/c1-3-5-7-8-9-10-11-12-13-14-17-25-20-21-29-28(23-25)26-18-15-16-19-27(26)30(24-32)31(29)22-6-4-2/h15-16,18-21,23-24,30H,3-14,17,22H2,1-2H3. The molecule has 2 nitrogen and oxygen atoms in total. The molecule has 0 fully saturated rings. The second-order valence-electron chi connectivity index (χ2n) is 9.50. The van der Waals surface area contributed by atoms with Gasteiger partial charge in [0.2, 0.25) is 0 Å². The van der Waals surface area contributed by atoms with E-state index in [0.717, 1.165) is 37.7 Å². The summed E-state index contributed by atoms with van der Waals surface area (Å²) in [6.07, 6.45) is 18.3. The smallest absolute Gasteiger partial charge is 0.147 e. The number of hydrogen-bond acceptors (Lipinski definition) is 2. The van der Waals surface area contributed by atoms with Crippen molar-refractivity contribution >= 4 is 12.0 Å². The van der Waals surface area contributed by atoms with Crippen LogP contribution in [0.5, 0.6) is 0 Å². The zero-order chi connectivity index (χ0) is 22.6. The lowest BCUT2D eigenvalue weighted by Gasteiger charge is -2.38. The molecule has 32 heavy (non-hydrogen) atoms. The van der Waals surface area contributed by atoms with Crippen LogP contribution in [0.4, 0.5) is 5.69 Å². The average Bonchev–Trinajstić information content (AvgIpc) is 2.83. The van der Waals surface area contributed by atoms with Crippen molar-refractivity contribution in [2.75, 3.05) is 11.4 Å². The number of rotatable bonds is 15. The minimum Gasteiger partial charge on any atom is -0.357 e. The number of unbranched alkanes of at least 4 members (excludes halogenated alkanes) is 10. The lowest BCUT2D eigenvalue weighted by atomic mass is 9.87. The molecule has 1 atom stereocenters. The molecule has 1 unspecified atom stereocenters. The van der Waals surface area contributed by atoms with Crippen molar-refractivity contribution in [1.29, 1.82) is 0 Å². The molecule has 1 aliphatic rings. The first-order chi connectivity index (χ1) is 15.8. The van der Waals surface area contributed by atoms with Gasteiger partial charge in [-0.1, -0.05) is 108 Å². The van der Waals surface area contributed by atoms with E-state index in [0.29, 0.717) is 0 Å². The van der Waals surface area contributed by atoms with Crippen LogP contribution in [0.3, 0.4) is 0 Å². The molecule has 0 aliphatic carbocycles. The Balaban J connectivity index is 1.58. The monoisotopic (exact) mass is 433 g/mol. The number of aryl methyl sites for hydroxylation is 1. The summed E-state index contributed by atoms with van der Waals surface area (Å²) in [5.74, 6) is 0. The van der Waals surface area contributed by atoms with Crippen LogP contribution in [-0.2, 0) is 11.2 Å². The van der Waals surface area contributed by atoms with Crippen molar-refractivity contribution in [2.45, 2.75) is 103 Å². The first-order valence-electron chi connectivity index (χ1n) is 13.2. The van der Waals surface area contributed by atoms with E-state index in [9.17, 15) is 4.79 Å². The Morgan fingerprint density at radius 2 is 1.41 bits per heavy atom. The van der Waals surface area contributed by atoms with Crippen LogP contribution in [-0.4, -0.2) is 12.8 Å². The SMILES string of the molecule is CCCCCCCCCCCCc1ccc2c(c1)-c1ccccc1C(C=O)N2CCCC. The van der Waals surface area contributed by atoms with Crippen molar-refractivity contribution in [1.82, 2.24) is 0 Å². The van der Waals surface area contributed by atoms with Gasteiger partial charge in [0.15, 0.2) is 0 Å². The summed E-state index contributed by atoms with van der Waals surface area (Å²) in [7, 11) is 0. The van der Waals surface area contributed by atoms with Gasteiger partial charge in [0, 0.05) is 17.8 Å². The molecular formula is C30H43NO. The van der Waals surface area contributed by atoms with Crippen LogP contribution in [0.1, 0.15) is 108 Å². The van der Waals surface area contributed by atoms with Crippen molar-refractivity contribution in [3.63, 3.8) is 0 Å². The number of hydrogen-bond donors (Lipinski definition) is 0. The van der Waals surface area contributed by atoms with E-state index in [1.165, 1.54) is 86.6 Å². The van der Waals surface area contributed by atoms with E-state index in [4.69, 9.17) is 0 Å². The third kappa shape index (κ3) is 6.47. The van der Waals surface area contributed by atoms with Crippen molar-refractivity contribution in [2.24, 2.45) is 0 Å². The predicted molar refractivity (Wildman–Crippen MR) is 138 cm³/mol. The quantitative estimate of drug-likeness (QED) is 0.207. The van der Waals surface area contributed by atoms with Crippen LogP contribution in [0.2, 0.25) is 0 Å². The number of carbonyl (C=O) groups excluding carboxylic acids is 1. The van der Waals surface area contributed by atoms with Gasteiger partial charge in [-0.2, -0.15) is 0 Å². The van der Waals surface area contributed by atoms with E-state index in [1.807, 2.05) is 0 Å². The summed E-state index contributed by atoms with van der Waals surface area (Å²) in [5, 5.41) is 0. The Bertz CT molecular complexity index is 827. The molecule has 2 heteroatoms. The molecule has 2 aromatic rings. The molecule has 3 rings (SSSR count). The minimum atomic E-state index is -0.168. The second-order valence-corrected chi connectivity index (χ2v) is 9.50. The van der Waals surface area contributed by atoms with Gasteiger partial charge in [-0.15, -0.1) is 0 Å². The normalized spacial score (nSPS) is 14.8. The molecule has 0 saturated heterocycles. The Morgan fingerprint density at radius 3 is 2.09 bits per heavy atom. The maximum absolute atomic E-state index is 12.0. The third-order valence-electron chi connectivity index (χ3n) is 6.98. The molecule has 0 bridgehead atoms. The average molecular weight is 434 g/mol. The Morgan fingerprint density at radius 1 is 0.750 bits per heavy atom. The van der Waals surface area contributed by atoms with Gasteiger partial charge in [-0.05, 0) is 48.1 Å². The molecule has 2 aromatic carbocycles. The highest BCUT2D eigenvalue weighted by atomic mass is 16.1. The van der Waals surface area contributed by atoms with Crippen LogP contribution in [0.15, 0.2) is 42.5 Å². The van der Waals surface area contributed by atoms with E-state index >= 15 is 0 Å². The molecule has 1 aliphatic heterocycles. The first kappa shape index (κ1) is 24.6.